The summed E-state index contributed by atoms with van der Waals surface area (Å²) in [6.07, 6.45) is 5.72. The molecule has 17 heavy (non-hydrogen) atoms. The highest BCUT2D eigenvalue weighted by Gasteiger charge is 2.17. The predicted octanol–water partition coefficient (Wildman–Crippen LogP) is 1.16. The van der Waals surface area contributed by atoms with Crippen LogP contribution in [-0.4, -0.2) is 42.5 Å². The zero-order valence-corrected chi connectivity index (χ0v) is 10.1. The van der Waals surface area contributed by atoms with Crippen molar-refractivity contribution < 1.29 is 4.79 Å². The topological polar surface area (TPSA) is 57.3 Å². The summed E-state index contributed by atoms with van der Waals surface area (Å²) >= 11 is 0. The Morgan fingerprint density at radius 1 is 1.35 bits per heavy atom. The summed E-state index contributed by atoms with van der Waals surface area (Å²) in [6.45, 7) is 2.14. The van der Waals surface area contributed by atoms with Crippen molar-refractivity contribution in [2.45, 2.75) is 12.8 Å². The maximum atomic E-state index is 11.8. The maximum Gasteiger partial charge on any atom is 0.241 e. The Morgan fingerprint density at radius 2 is 2.06 bits per heavy atom. The van der Waals surface area contributed by atoms with Gasteiger partial charge >= 0.3 is 0 Å². The number of nitrogens with zero attached hydrogens (tertiary/aromatic N) is 2. The molecule has 5 nitrogen and oxygen atoms in total. The molecule has 1 fully saturated rings. The zero-order valence-electron chi connectivity index (χ0n) is 10.1. The zero-order chi connectivity index (χ0) is 12.1. The average molecular weight is 234 g/mol. The summed E-state index contributed by atoms with van der Waals surface area (Å²) in [7, 11) is 1.84. The van der Waals surface area contributed by atoms with Crippen LogP contribution in [0.15, 0.2) is 18.5 Å². The van der Waals surface area contributed by atoms with Gasteiger partial charge in [-0.15, -0.1) is 0 Å². The Kier molecular flexibility index (Phi) is 3.80. The van der Waals surface area contributed by atoms with E-state index in [1.54, 1.807) is 12.4 Å². The van der Waals surface area contributed by atoms with Crippen LogP contribution in [0.4, 0.5) is 11.4 Å². The third kappa shape index (κ3) is 3.09. The van der Waals surface area contributed by atoms with Gasteiger partial charge in [0.1, 0.15) is 0 Å². The summed E-state index contributed by atoms with van der Waals surface area (Å²) < 4.78 is 0. The summed E-state index contributed by atoms with van der Waals surface area (Å²) in [5.74, 6) is 0.164. The second-order valence-electron chi connectivity index (χ2n) is 4.15. The molecule has 0 unspecified atom stereocenters. The van der Waals surface area contributed by atoms with Crippen molar-refractivity contribution in [3.63, 3.8) is 0 Å². The molecule has 0 spiro atoms. The second kappa shape index (κ2) is 5.52. The standard InChI is InChI=1S/C12H18N4O/c1-13-10-6-11(8-14-7-10)15-9-12(17)16-4-2-3-5-16/h6-8,13,15H,2-5,9H2,1H3. The van der Waals surface area contributed by atoms with Crippen LogP contribution in [0.1, 0.15) is 12.8 Å². The second-order valence-corrected chi connectivity index (χ2v) is 4.15. The molecular weight excluding hydrogens is 216 g/mol. The lowest BCUT2D eigenvalue weighted by Crippen LogP contribution is -2.32. The number of carbonyl (C=O) groups is 1. The normalized spacial score (nSPS) is 14.8. The summed E-state index contributed by atoms with van der Waals surface area (Å²) in [4.78, 5) is 17.8. The lowest BCUT2D eigenvalue weighted by molar-refractivity contribution is -0.128. The van der Waals surface area contributed by atoms with Crippen LogP contribution in [-0.2, 0) is 4.79 Å². The molecule has 0 bridgehead atoms. The number of hydrogen-bond donors (Lipinski definition) is 2. The first-order valence-corrected chi connectivity index (χ1v) is 5.94. The number of carbonyl (C=O) groups excluding carboxylic acids is 1. The predicted molar refractivity (Wildman–Crippen MR) is 68.1 cm³/mol. The Balaban J connectivity index is 1.86. The van der Waals surface area contributed by atoms with Gasteiger partial charge in [0.2, 0.25) is 5.91 Å². The molecule has 0 radical (unpaired) electrons. The molecule has 1 aromatic heterocycles. The molecule has 1 aliphatic heterocycles. The van der Waals surface area contributed by atoms with Crippen LogP contribution in [0.25, 0.3) is 0 Å². The Morgan fingerprint density at radius 3 is 2.76 bits per heavy atom. The first-order valence-electron chi connectivity index (χ1n) is 5.94. The van der Waals surface area contributed by atoms with E-state index in [1.807, 2.05) is 18.0 Å². The van der Waals surface area contributed by atoms with E-state index in [2.05, 4.69) is 15.6 Å². The van der Waals surface area contributed by atoms with E-state index in [-0.39, 0.29) is 5.91 Å². The van der Waals surface area contributed by atoms with Crippen LogP contribution in [0.3, 0.4) is 0 Å². The van der Waals surface area contributed by atoms with Gasteiger partial charge in [0.15, 0.2) is 0 Å². The van der Waals surface area contributed by atoms with Crippen LogP contribution in [0.5, 0.6) is 0 Å². The molecule has 1 amide bonds. The Labute approximate surface area is 101 Å². The van der Waals surface area contributed by atoms with Gasteiger partial charge in [0, 0.05) is 20.1 Å². The Hall–Kier alpha value is -1.78. The van der Waals surface area contributed by atoms with Crippen LogP contribution in [0, 0.1) is 0 Å². The molecule has 2 heterocycles. The number of amides is 1. The van der Waals surface area contributed by atoms with Crippen molar-refractivity contribution in [2.24, 2.45) is 0 Å². The molecule has 2 rings (SSSR count). The van der Waals surface area contributed by atoms with Crippen molar-refractivity contribution in [2.75, 3.05) is 37.3 Å². The quantitative estimate of drug-likeness (QED) is 0.820. The number of hydrogen-bond acceptors (Lipinski definition) is 4. The monoisotopic (exact) mass is 234 g/mol. The van der Waals surface area contributed by atoms with Gasteiger partial charge in [0.25, 0.3) is 0 Å². The van der Waals surface area contributed by atoms with E-state index in [1.165, 1.54) is 0 Å². The number of rotatable bonds is 4. The molecule has 1 aliphatic rings. The Bertz CT molecular complexity index is 388. The van der Waals surface area contributed by atoms with E-state index in [9.17, 15) is 4.79 Å². The molecule has 1 aromatic rings. The van der Waals surface area contributed by atoms with Crippen LogP contribution < -0.4 is 10.6 Å². The number of nitrogens with one attached hydrogen (secondary N) is 2. The van der Waals surface area contributed by atoms with Gasteiger partial charge < -0.3 is 15.5 Å². The van der Waals surface area contributed by atoms with Gasteiger partial charge in [-0.2, -0.15) is 0 Å². The minimum atomic E-state index is 0.164. The van der Waals surface area contributed by atoms with Crippen molar-refractivity contribution >= 4 is 17.3 Å². The molecule has 1 saturated heterocycles. The highest BCUT2D eigenvalue weighted by molar-refractivity contribution is 5.81. The van der Waals surface area contributed by atoms with E-state index < -0.39 is 0 Å². The minimum absolute atomic E-state index is 0.164. The molecule has 0 atom stereocenters. The van der Waals surface area contributed by atoms with E-state index in [4.69, 9.17) is 0 Å². The summed E-state index contributed by atoms with van der Waals surface area (Å²) in [6, 6.07) is 1.93. The van der Waals surface area contributed by atoms with Crippen LogP contribution >= 0.6 is 0 Å². The van der Waals surface area contributed by atoms with Crippen molar-refractivity contribution in [3.05, 3.63) is 18.5 Å². The van der Waals surface area contributed by atoms with Gasteiger partial charge in [-0.05, 0) is 18.9 Å². The molecule has 2 N–H and O–H groups in total. The molecular formula is C12H18N4O. The fraction of sp³-hybridized carbons (Fsp3) is 0.500. The summed E-state index contributed by atoms with van der Waals surface area (Å²) in [5, 5.41) is 6.11. The van der Waals surface area contributed by atoms with Crippen molar-refractivity contribution in [3.8, 4) is 0 Å². The molecule has 0 aromatic carbocycles. The lowest BCUT2D eigenvalue weighted by atomic mass is 10.3. The summed E-state index contributed by atoms with van der Waals surface area (Å²) in [5.41, 5.74) is 1.80. The average Bonchev–Trinajstić information content (AvgIpc) is 2.90. The number of aromatic nitrogens is 1. The van der Waals surface area contributed by atoms with E-state index >= 15 is 0 Å². The van der Waals surface area contributed by atoms with Gasteiger partial charge in [-0.1, -0.05) is 0 Å². The fourth-order valence-corrected chi connectivity index (χ4v) is 1.93. The highest BCUT2D eigenvalue weighted by Crippen LogP contribution is 2.12. The molecule has 92 valence electrons. The molecule has 0 saturated carbocycles. The third-order valence-electron chi connectivity index (χ3n) is 2.93. The van der Waals surface area contributed by atoms with Gasteiger partial charge in [-0.25, -0.2) is 0 Å². The molecule has 5 heteroatoms. The maximum absolute atomic E-state index is 11.8. The van der Waals surface area contributed by atoms with Gasteiger partial charge in [0.05, 0.1) is 30.3 Å². The fourth-order valence-electron chi connectivity index (χ4n) is 1.93. The van der Waals surface area contributed by atoms with E-state index in [0.717, 1.165) is 37.3 Å². The molecule has 0 aliphatic carbocycles. The minimum Gasteiger partial charge on any atom is -0.387 e. The lowest BCUT2D eigenvalue weighted by Gasteiger charge is -2.16. The smallest absolute Gasteiger partial charge is 0.241 e. The van der Waals surface area contributed by atoms with E-state index in [0.29, 0.717) is 6.54 Å². The van der Waals surface area contributed by atoms with Crippen LogP contribution in [0.2, 0.25) is 0 Å². The SMILES string of the molecule is CNc1cncc(NCC(=O)N2CCCC2)c1. The number of anilines is 2. The largest absolute Gasteiger partial charge is 0.387 e. The number of likely N-dealkylation sites (tertiary alicyclic amines) is 1. The van der Waals surface area contributed by atoms with Gasteiger partial charge in [-0.3, -0.25) is 9.78 Å². The number of pyridine rings is 1. The highest BCUT2D eigenvalue weighted by atomic mass is 16.2. The third-order valence-corrected chi connectivity index (χ3v) is 2.93. The van der Waals surface area contributed by atoms with Crippen molar-refractivity contribution in [1.29, 1.82) is 0 Å². The first kappa shape index (κ1) is 11.7. The van der Waals surface area contributed by atoms with Crippen molar-refractivity contribution in [1.82, 2.24) is 9.88 Å². The first-order chi connectivity index (χ1) is 8.29.